The lowest BCUT2D eigenvalue weighted by Gasteiger charge is -2.39. The second-order valence-corrected chi connectivity index (χ2v) is 3.58. The fourth-order valence-electron chi connectivity index (χ4n) is 2.02. The molecular weight excluding hydrogens is 144 g/mol. The number of carbonyl (C=O) groups excluding carboxylic acids is 2. The third-order valence-electron chi connectivity index (χ3n) is 2.97. The van der Waals surface area contributed by atoms with E-state index in [1.54, 1.807) is 0 Å². The molecule has 2 aliphatic carbocycles. The zero-order valence-electron chi connectivity index (χ0n) is 6.17. The van der Waals surface area contributed by atoms with Crippen molar-refractivity contribution in [1.82, 2.24) is 0 Å². The Morgan fingerprint density at radius 3 is 2.18 bits per heavy atom. The largest absolute Gasteiger partial charge is 0.384 e. The van der Waals surface area contributed by atoms with Gasteiger partial charge in [0, 0.05) is 11.8 Å². The van der Waals surface area contributed by atoms with Gasteiger partial charge in [-0.25, -0.2) is 0 Å². The molecule has 1 unspecified atom stereocenters. The third kappa shape index (κ3) is 0.717. The van der Waals surface area contributed by atoms with Gasteiger partial charge in [0.05, 0.1) is 0 Å². The second-order valence-electron chi connectivity index (χ2n) is 3.58. The van der Waals surface area contributed by atoms with Gasteiger partial charge >= 0.3 is 0 Å². The van der Waals surface area contributed by atoms with Crippen molar-refractivity contribution in [2.75, 3.05) is 0 Å². The van der Waals surface area contributed by atoms with Crippen LogP contribution >= 0.6 is 0 Å². The molecule has 2 saturated carbocycles. The molecule has 60 valence electrons. The molecule has 0 bridgehead atoms. The van der Waals surface area contributed by atoms with Crippen molar-refractivity contribution < 1.29 is 14.7 Å². The molecule has 3 nitrogen and oxygen atoms in total. The van der Waals surface area contributed by atoms with E-state index in [4.69, 9.17) is 0 Å². The number of aliphatic hydroxyl groups excluding tert-OH is 1. The molecule has 2 aliphatic rings. The smallest absolute Gasteiger partial charge is 0.227 e. The van der Waals surface area contributed by atoms with E-state index in [0.29, 0.717) is 0 Å². The Labute approximate surface area is 64.4 Å². The first-order valence-corrected chi connectivity index (χ1v) is 3.91. The maximum Gasteiger partial charge on any atom is 0.227 e. The standard InChI is InChI=1S/C8H10O3/c9-5-4-8(2-1-3-8)7(11)6(5)10/h7,11H,1-4H2. The van der Waals surface area contributed by atoms with Gasteiger partial charge in [0.25, 0.3) is 0 Å². The van der Waals surface area contributed by atoms with Gasteiger partial charge in [-0.2, -0.15) is 0 Å². The minimum absolute atomic E-state index is 0.285. The molecule has 0 aromatic carbocycles. The van der Waals surface area contributed by atoms with Crippen LogP contribution in [0.4, 0.5) is 0 Å². The van der Waals surface area contributed by atoms with E-state index in [-0.39, 0.29) is 17.6 Å². The SMILES string of the molecule is O=C1CC2(CCC2)C(O)C1=O. The summed E-state index contributed by atoms with van der Waals surface area (Å²) in [6.45, 7) is 0. The molecule has 0 aromatic rings. The monoisotopic (exact) mass is 154 g/mol. The lowest BCUT2D eigenvalue weighted by molar-refractivity contribution is -0.139. The van der Waals surface area contributed by atoms with Crippen molar-refractivity contribution in [2.45, 2.75) is 31.8 Å². The van der Waals surface area contributed by atoms with Crippen molar-refractivity contribution in [2.24, 2.45) is 5.41 Å². The molecule has 0 saturated heterocycles. The fourth-order valence-corrected chi connectivity index (χ4v) is 2.02. The number of hydrogen-bond acceptors (Lipinski definition) is 3. The van der Waals surface area contributed by atoms with Crippen LogP contribution in [-0.2, 0) is 9.59 Å². The van der Waals surface area contributed by atoms with Gasteiger partial charge in [0.15, 0.2) is 0 Å². The Morgan fingerprint density at radius 1 is 1.36 bits per heavy atom. The van der Waals surface area contributed by atoms with Crippen molar-refractivity contribution in [3.8, 4) is 0 Å². The van der Waals surface area contributed by atoms with Gasteiger partial charge in [-0.05, 0) is 12.8 Å². The minimum Gasteiger partial charge on any atom is -0.384 e. The van der Waals surface area contributed by atoms with Crippen molar-refractivity contribution in [3.05, 3.63) is 0 Å². The van der Waals surface area contributed by atoms with Gasteiger partial charge in [-0.3, -0.25) is 9.59 Å². The van der Waals surface area contributed by atoms with Crippen LogP contribution in [0.2, 0.25) is 0 Å². The molecule has 0 amide bonds. The van der Waals surface area contributed by atoms with E-state index in [1.807, 2.05) is 0 Å². The average molecular weight is 154 g/mol. The summed E-state index contributed by atoms with van der Waals surface area (Å²) in [5.41, 5.74) is -0.325. The summed E-state index contributed by atoms with van der Waals surface area (Å²) in [6.07, 6.45) is 2.02. The molecule has 2 fully saturated rings. The first-order chi connectivity index (χ1) is 5.16. The predicted octanol–water partition coefficient (Wildman–Crippen LogP) is 0.0595. The maximum atomic E-state index is 10.9. The van der Waals surface area contributed by atoms with E-state index in [9.17, 15) is 14.7 Å². The summed E-state index contributed by atoms with van der Waals surface area (Å²) in [6, 6.07) is 0. The summed E-state index contributed by atoms with van der Waals surface area (Å²) in [7, 11) is 0. The molecular formula is C8H10O3. The molecule has 0 heterocycles. The summed E-state index contributed by atoms with van der Waals surface area (Å²) in [5, 5.41) is 9.37. The zero-order chi connectivity index (χ0) is 8.06. The first-order valence-electron chi connectivity index (χ1n) is 3.91. The van der Waals surface area contributed by atoms with Crippen LogP contribution in [0.5, 0.6) is 0 Å². The Balaban J connectivity index is 2.27. The Kier molecular flexibility index (Phi) is 1.21. The first kappa shape index (κ1) is 6.98. The van der Waals surface area contributed by atoms with Gasteiger partial charge in [-0.1, -0.05) is 6.42 Å². The van der Waals surface area contributed by atoms with Gasteiger partial charge in [0.2, 0.25) is 11.6 Å². The Bertz CT molecular complexity index is 227. The Hall–Kier alpha value is -0.700. The van der Waals surface area contributed by atoms with E-state index >= 15 is 0 Å². The molecule has 1 N–H and O–H groups in total. The normalized spacial score (nSPS) is 34.5. The quantitative estimate of drug-likeness (QED) is 0.502. The molecule has 2 rings (SSSR count). The lowest BCUT2D eigenvalue weighted by Crippen LogP contribution is -2.39. The topological polar surface area (TPSA) is 54.4 Å². The van der Waals surface area contributed by atoms with Crippen LogP contribution in [0.3, 0.4) is 0 Å². The molecule has 1 atom stereocenters. The van der Waals surface area contributed by atoms with Crippen LogP contribution in [0.25, 0.3) is 0 Å². The summed E-state index contributed by atoms with van der Waals surface area (Å²) in [5.74, 6) is -0.943. The molecule has 11 heavy (non-hydrogen) atoms. The highest BCUT2D eigenvalue weighted by molar-refractivity contribution is 6.41. The number of rotatable bonds is 0. The zero-order valence-corrected chi connectivity index (χ0v) is 6.17. The summed E-state index contributed by atoms with van der Waals surface area (Å²) < 4.78 is 0. The van der Waals surface area contributed by atoms with Crippen LogP contribution < -0.4 is 0 Å². The highest BCUT2D eigenvalue weighted by atomic mass is 16.3. The number of Topliss-reactive ketones (excluding diaryl/α,β-unsaturated/α-hetero) is 2. The van der Waals surface area contributed by atoms with Crippen LogP contribution in [0.1, 0.15) is 25.7 Å². The van der Waals surface area contributed by atoms with Crippen LogP contribution in [0, 0.1) is 5.41 Å². The van der Waals surface area contributed by atoms with Gasteiger partial charge in [-0.15, -0.1) is 0 Å². The van der Waals surface area contributed by atoms with Crippen molar-refractivity contribution in [3.63, 3.8) is 0 Å². The van der Waals surface area contributed by atoms with Crippen molar-refractivity contribution in [1.29, 1.82) is 0 Å². The summed E-state index contributed by atoms with van der Waals surface area (Å²) >= 11 is 0. The van der Waals surface area contributed by atoms with E-state index < -0.39 is 11.9 Å². The van der Waals surface area contributed by atoms with Gasteiger partial charge < -0.3 is 5.11 Å². The number of ketones is 2. The second kappa shape index (κ2) is 1.91. The van der Waals surface area contributed by atoms with Crippen LogP contribution in [-0.4, -0.2) is 22.8 Å². The molecule has 0 aliphatic heterocycles. The van der Waals surface area contributed by atoms with Gasteiger partial charge in [0.1, 0.15) is 6.10 Å². The maximum absolute atomic E-state index is 10.9. The van der Waals surface area contributed by atoms with E-state index in [2.05, 4.69) is 0 Å². The van der Waals surface area contributed by atoms with Crippen molar-refractivity contribution >= 4 is 11.6 Å². The third-order valence-corrected chi connectivity index (χ3v) is 2.97. The highest BCUT2D eigenvalue weighted by Crippen LogP contribution is 2.50. The van der Waals surface area contributed by atoms with Crippen LogP contribution in [0.15, 0.2) is 0 Å². The van der Waals surface area contributed by atoms with E-state index in [0.717, 1.165) is 19.3 Å². The fraction of sp³-hybridized carbons (Fsp3) is 0.750. The number of aliphatic hydroxyl groups is 1. The molecule has 0 aromatic heterocycles. The number of carbonyl (C=O) groups is 2. The highest BCUT2D eigenvalue weighted by Gasteiger charge is 2.55. The minimum atomic E-state index is -0.983. The molecule has 3 heteroatoms. The summed E-state index contributed by atoms with van der Waals surface area (Å²) in [4.78, 5) is 21.8. The Morgan fingerprint density at radius 2 is 2.00 bits per heavy atom. The predicted molar refractivity (Wildman–Crippen MR) is 36.9 cm³/mol. The molecule has 0 radical (unpaired) electrons. The lowest BCUT2D eigenvalue weighted by atomic mass is 9.66. The molecule has 1 spiro atoms. The number of hydrogen-bond donors (Lipinski definition) is 1. The van der Waals surface area contributed by atoms with E-state index in [1.165, 1.54) is 0 Å². The average Bonchev–Trinajstić information content (AvgIpc) is 2.12.